The third-order valence-corrected chi connectivity index (χ3v) is 4.11. The Kier molecular flexibility index (Phi) is 4.63. The number of benzene rings is 2. The first-order valence-corrected chi connectivity index (χ1v) is 7.53. The summed E-state index contributed by atoms with van der Waals surface area (Å²) in [6, 6.07) is 11.1. The van der Waals surface area contributed by atoms with E-state index in [1.54, 1.807) is 6.07 Å². The Hall–Kier alpha value is -0.870. The maximum Gasteiger partial charge on any atom is 0.129 e. The van der Waals surface area contributed by atoms with Gasteiger partial charge in [0.25, 0.3) is 0 Å². The van der Waals surface area contributed by atoms with Gasteiger partial charge in [-0.2, -0.15) is 0 Å². The third kappa shape index (κ3) is 3.57. The van der Waals surface area contributed by atoms with Crippen molar-refractivity contribution in [3.63, 3.8) is 0 Å². The molecule has 0 saturated heterocycles. The van der Waals surface area contributed by atoms with Crippen molar-refractivity contribution >= 4 is 37.5 Å². The van der Waals surface area contributed by atoms with E-state index in [9.17, 15) is 4.39 Å². The Morgan fingerprint density at radius 2 is 1.84 bits per heavy atom. The van der Waals surface area contributed by atoms with Crippen molar-refractivity contribution in [2.24, 2.45) is 0 Å². The first kappa shape index (κ1) is 14.5. The average Bonchev–Trinajstić information content (AvgIpc) is 2.33. The molecule has 0 aliphatic heterocycles. The highest BCUT2D eigenvalue weighted by atomic mass is 79.9. The Morgan fingerprint density at radius 3 is 2.53 bits per heavy atom. The van der Waals surface area contributed by atoms with Crippen LogP contribution in [0.3, 0.4) is 0 Å². The predicted octanol–water partition coefficient (Wildman–Crippen LogP) is 5.83. The van der Waals surface area contributed by atoms with Crippen LogP contribution in [0.15, 0.2) is 45.3 Å². The summed E-state index contributed by atoms with van der Waals surface area (Å²) >= 11 is 6.76. The van der Waals surface area contributed by atoms with Gasteiger partial charge in [-0.3, -0.25) is 0 Å². The van der Waals surface area contributed by atoms with Crippen LogP contribution < -0.4 is 5.32 Å². The Bertz CT molecular complexity index is 599. The number of hydrogen-bond acceptors (Lipinski definition) is 1. The smallest absolute Gasteiger partial charge is 0.129 e. The number of anilines is 1. The molecule has 1 atom stereocenters. The fourth-order valence-electron chi connectivity index (χ4n) is 1.91. The molecule has 0 radical (unpaired) electrons. The van der Waals surface area contributed by atoms with Gasteiger partial charge in [-0.25, -0.2) is 4.39 Å². The minimum absolute atomic E-state index is 0.105. The molecule has 0 heterocycles. The zero-order valence-electron chi connectivity index (χ0n) is 10.7. The van der Waals surface area contributed by atoms with E-state index < -0.39 is 0 Å². The van der Waals surface area contributed by atoms with Crippen LogP contribution in [0.2, 0.25) is 0 Å². The maximum atomic E-state index is 13.9. The molecule has 0 aliphatic carbocycles. The molecular weight excluding hydrogens is 373 g/mol. The SMILES string of the molecule is Cc1ccc(Br)c(NC(C)c2ccc(Br)cc2F)c1. The summed E-state index contributed by atoms with van der Waals surface area (Å²) in [5.41, 5.74) is 2.78. The number of nitrogens with one attached hydrogen (secondary N) is 1. The van der Waals surface area contributed by atoms with Crippen LogP contribution in [0, 0.1) is 12.7 Å². The van der Waals surface area contributed by atoms with Crippen molar-refractivity contribution in [3.05, 3.63) is 62.3 Å². The minimum atomic E-state index is -0.210. The molecule has 0 bridgehead atoms. The molecule has 0 saturated carbocycles. The molecule has 100 valence electrons. The highest BCUT2D eigenvalue weighted by Crippen LogP contribution is 2.29. The summed E-state index contributed by atoms with van der Waals surface area (Å²) < 4.78 is 15.6. The van der Waals surface area contributed by atoms with Gasteiger partial charge < -0.3 is 5.32 Å². The second kappa shape index (κ2) is 6.06. The normalized spacial score (nSPS) is 12.3. The first-order chi connectivity index (χ1) is 8.97. The molecule has 0 spiro atoms. The van der Waals surface area contributed by atoms with Gasteiger partial charge in [0.2, 0.25) is 0 Å². The number of aryl methyl sites for hydroxylation is 1. The van der Waals surface area contributed by atoms with E-state index in [0.29, 0.717) is 5.56 Å². The highest BCUT2D eigenvalue weighted by molar-refractivity contribution is 9.10. The van der Waals surface area contributed by atoms with Crippen molar-refractivity contribution in [1.29, 1.82) is 0 Å². The van der Waals surface area contributed by atoms with Crippen LogP contribution in [0.1, 0.15) is 24.1 Å². The van der Waals surface area contributed by atoms with Crippen molar-refractivity contribution in [1.82, 2.24) is 0 Å². The van der Waals surface area contributed by atoms with E-state index in [1.807, 2.05) is 38.1 Å². The molecule has 1 N–H and O–H groups in total. The topological polar surface area (TPSA) is 12.0 Å². The fourth-order valence-corrected chi connectivity index (χ4v) is 2.61. The Morgan fingerprint density at radius 1 is 1.11 bits per heavy atom. The molecule has 2 aromatic carbocycles. The van der Waals surface area contributed by atoms with Crippen LogP contribution in [-0.4, -0.2) is 0 Å². The van der Waals surface area contributed by atoms with Gasteiger partial charge in [0.1, 0.15) is 5.82 Å². The van der Waals surface area contributed by atoms with Crippen molar-refractivity contribution in [2.45, 2.75) is 19.9 Å². The van der Waals surface area contributed by atoms with Gasteiger partial charge in [-0.05, 0) is 59.6 Å². The molecule has 0 aromatic heterocycles. The lowest BCUT2D eigenvalue weighted by atomic mass is 10.1. The van der Waals surface area contributed by atoms with E-state index in [0.717, 1.165) is 20.2 Å². The second-order valence-corrected chi connectivity index (χ2v) is 6.29. The summed E-state index contributed by atoms with van der Waals surface area (Å²) in [7, 11) is 0. The van der Waals surface area contributed by atoms with Crippen LogP contribution >= 0.6 is 31.9 Å². The molecular formula is C15H14Br2FN. The largest absolute Gasteiger partial charge is 0.377 e. The molecule has 0 fully saturated rings. The van der Waals surface area contributed by atoms with E-state index in [1.165, 1.54) is 6.07 Å². The molecule has 1 unspecified atom stereocenters. The summed E-state index contributed by atoms with van der Waals surface area (Å²) in [5, 5.41) is 3.33. The van der Waals surface area contributed by atoms with Crippen molar-refractivity contribution in [2.75, 3.05) is 5.32 Å². The molecule has 1 nitrogen and oxygen atoms in total. The number of hydrogen-bond donors (Lipinski definition) is 1. The Balaban J connectivity index is 2.25. The van der Waals surface area contributed by atoms with Gasteiger partial charge >= 0.3 is 0 Å². The predicted molar refractivity (Wildman–Crippen MR) is 85.0 cm³/mol. The average molecular weight is 387 g/mol. The molecule has 19 heavy (non-hydrogen) atoms. The van der Waals surface area contributed by atoms with E-state index >= 15 is 0 Å². The van der Waals surface area contributed by atoms with Gasteiger partial charge in [-0.15, -0.1) is 0 Å². The van der Waals surface area contributed by atoms with E-state index in [-0.39, 0.29) is 11.9 Å². The second-order valence-electron chi connectivity index (χ2n) is 4.52. The van der Waals surface area contributed by atoms with Crippen LogP contribution in [0.4, 0.5) is 10.1 Å². The maximum absolute atomic E-state index is 13.9. The quantitative estimate of drug-likeness (QED) is 0.699. The van der Waals surface area contributed by atoms with Crippen molar-refractivity contribution < 1.29 is 4.39 Å². The molecule has 4 heteroatoms. The summed E-state index contributed by atoms with van der Waals surface area (Å²) in [6.45, 7) is 3.98. The molecule has 2 aromatic rings. The third-order valence-electron chi connectivity index (χ3n) is 2.92. The summed E-state index contributed by atoms with van der Waals surface area (Å²) in [5.74, 6) is -0.210. The first-order valence-electron chi connectivity index (χ1n) is 5.95. The standard InChI is InChI=1S/C15H14Br2FN/c1-9-3-6-13(17)15(7-9)19-10(2)12-5-4-11(16)8-14(12)18/h3-8,10,19H,1-2H3. The minimum Gasteiger partial charge on any atom is -0.377 e. The van der Waals surface area contributed by atoms with Gasteiger partial charge in [0.05, 0.1) is 6.04 Å². The molecule has 0 amide bonds. The van der Waals surface area contributed by atoms with E-state index in [4.69, 9.17) is 0 Å². The fraction of sp³-hybridized carbons (Fsp3) is 0.200. The number of halogens is 3. The number of rotatable bonds is 3. The highest BCUT2D eigenvalue weighted by Gasteiger charge is 2.12. The van der Waals surface area contributed by atoms with Gasteiger partial charge in [-0.1, -0.05) is 28.1 Å². The summed E-state index contributed by atoms with van der Waals surface area (Å²) in [6.07, 6.45) is 0. The Labute approximate surface area is 129 Å². The molecule has 2 rings (SSSR count). The van der Waals surface area contributed by atoms with Gasteiger partial charge in [0.15, 0.2) is 0 Å². The lowest BCUT2D eigenvalue weighted by Crippen LogP contribution is -2.09. The van der Waals surface area contributed by atoms with Crippen molar-refractivity contribution in [3.8, 4) is 0 Å². The van der Waals surface area contributed by atoms with Crippen LogP contribution in [0.5, 0.6) is 0 Å². The van der Waals surface area contributed by atoms with Crippen LogP contribution in [-0.2, 0) is 0 Å². The lowest BCUT2D eigenvalue weighted by Gasteiger charge is -2.18. The monoisotopic (exact) mass is 385 g/mol. The van der Waals surface area contributed by atoms with E-state index in [2.05, 4.69) is 37.2 Å². The lowest BCUT2D eigenvalue weighted by molar-refractivity contribution is 0.599. The van der Waals surface area contributed by atoms with Crippen LogP contribution in [0.25, 0.3) is 0 Å². The zero-order valence-corrected chi connectivity index (χ0v) is 13.8. The van der Waals surface area contributed by atoms with Gasteiger partial charge in [0, 0.05) is 20.2 Å². The molecule has 0 aliphatic rings. The summed E-state index contributed by atoms with van der Waals surface area (Å²) in [4.78, 5) is 0. The zero-order chi connectivity index (χ0) is 14.0.